The molecule has 0 aliphatic heterocycles. The second-order valence-electron chi connectivity index (χ2n) is 5.76. The summed E-state index contributed by atoms with van der Waals surface area (Å²) in [4.78, 5) is 12.0. The smallest absolute Gasteiger partial charge is 0.287 e. The summed E-state index contributed by atoms with van der Waals surface area (Å²) in [6.45, 7) is 4.55. The quantitative estimate of drug-likeness (QED) is 0.824. The van der Waals surface area contributed by atoms with Gasteiger partial charge in [-0.05, 0) is 29.7 Å². The Morgan fingerprint density at radius 3 is 2.78 bits per heavy atom. The van der Waals surface area contributed by atoms with Crippen molar-refractivity contribution in [2.75, 3.05) is 20.3 Å². The van der Waals surface area contributed by atoms with Gasteiger partial charge in [0.1, 0.15) is 5.76 Å². The number of aliphatic hydroxyl groups excluding tert-OH is 1. The summed E-state index contributed by atoms with van der Waals surface area (Å²) >= 11 is 0. The van der Waals surface area contributed by atoms with E-state index in [4.69, 9.17) is 9.15 Å². The lowest BCUT2D eigenvalue weighted by molar-refractivity contribution is 0.0603. The number of rotatable bonds is 7. The zero-order valence-electron chi connectivity index (χ0n) is 13.7. The molecular formula is C18H23NO4. The third-order valence-corrected chi connectivity index (χ3v) is 3.52. The van der Waals surface area contributed by atoms with E-state index in [0.29, 0.717) is 11.7 Å². The topological polar surface area (TPSA) is 71.7 Å². The minimum absolute atomic E-state index is 0.117. The van der Waals surface area contributed by atoms with Crippen LogP contribution in [0.2, 0.25) is 0 Å². The predicted octanol–water partition coefficient (Wildman–Crippen LogP) is 2.81. The lowest BCUT2D eigenvalue weighted by atomic mass is 10.0. The number of ether oxygens (including phenoxy) is 1. The molecule has 0 aliphatic rings. The number of aliphatic hydroxyl groups is 1. The maximum absolute atomic E-state index is 12.0. The van der Waals surface area contributed by atoms with Gasteiger partial charge in [-0.25, -0.2) is 0 Å². The highest BCUT2D eigenvalue weighted by atomic mass is 16.5. The van der Waals surface area contributed by atoms with Gasteiger partial charge in [0.05, 0.1) is 12.7 Å². The zero-order valence-corrected chi connectivity index (χ0v) is 13.7. The van der Waals surface area contributed by atoms with Crippen LogP contribution in [0.15, 0.2) is 40.8 Å². The highest BCUT2D eigenvalue weighted by Crippen LogP contribution is 2.25. The summed E-state index contributed by atoms with van der Waals surface area (Å²) < 4.78 is 10.4. The van der Waals surface area contributed by atoms with Crippen LogP contribution in [0.3, 0.4) is 0 Å². The Bertz CT molecular complexity index is 648. The second kappa shape index (κ2) is 7.94. The summed E-state index contributed by atoms with van der Waals surface area (Å²) in [6, 6.07) is 11.5. The van der Waals surface area contributed by atoms with Crippen LogP contribution in [0.5, 0.6) is 0 Å². The molecule has 5 heteroatoms. The minimum atomic E-state index is -0.735. The molecule has 0 aliphatic carbocycles. The molecule has 0 saturated heterocycles. The van der Waals surface area contributed by atoms with Gasteiger partial charge >= 0.3 is 0 Å². The molecule has 23 heavy (non-hydrogen) atoms. The number of carbonyl (C=O) groups is 1. The van der Waals surface area contributed by atoms with Crippen molar-refractivity contribution in [1.29, 1.82) is 0 Å². The fourth-order valence-electron chi connectivity index (χ4n) is 2.22. The van der Waals surface area contributed by atoms with E-state index >= 15 is 0 Å². The van der Waals surface area contributed by atoms with Gasteiger partial charge < -0.3 is 19.6 Å². The van der Waals surface area contributed by atoms with Crippen molar-refractivity contribution >= 4 is 5.91 Å². The van der Waals surface area contributed by atoms with Gasteiger partial charge in [0.2, 0.25) is 0 Å². The highest BCUT2D eigenvalue weighted by molar-refractivity contribution is 5.92. The van der Waals surface area contributed by atoms with Crippen LogP contribution in [-0.2, 0) is 4.74 Å². The predicted molar refractivity (Wildman–Crippen MR) is 88.4 cm³/mol. The maximum atomic E-state index is 12.0. The molecule has 2 N–H and O–H groups in total. The number of amides is 1. The Labute approximate surface area is 136 Å². The van der Waals surface area contributed by atoms with Crippen LogP contribution in [0.1, 0.15) is 35.9 Å². The van der Waals surface area contributed by atoms with E-state index in [9.17, 15) is 9.90 Å². The summed E-state index contributed by atoms with van der Waals surface area (Å²) in [5, 5.41) is 12.2. The van der Waals surface area contributed by atoms with E-state index in [1.54, 1.807) is 12.1 Å². The molecule has 0 radical (unpaired) electrons. The fraction of sp³-hybridized carbons (Fsp3) is 0.389. The normalized spacial score (nSPS) is 12.4. The Kier molecular flexibility index (Phi) is 5.96. The van der Waals surface area contributed by atoms with Crippen LogP contribution in [-0.4, -0.2) is 37.4 Å². The number of furan rings is 1. The Morgan fingerprint density at radius 2 is 2.09 bits per heavy atom. The standard InChI is InChI=1S/C18H23NO4/c1-12(2)13-5-4-6-14(9-13)16-7-8-17(23-16)18(21)19-10-15(20)11-22-3/h4-9,12,15,20H,10-11H2,1-3H3,(H,19,21). The molecule has 1 amide bonds. The first-order valence-corrected chi connectivity index (χ1v) is 7.66. The average molecular weight is 317 g/mol. The number of hydrogen-bond acceptors (Lipinski definition) is 4. The van der Waals surface area contributed by atoms with Crippen molar-refractivity contribution in [3.8, 4) is 11.3 Å². The van der Waals surface area contributed by atoms with Crippen LogP contribution in [0, 0.1) is 0 Å². The van der Waals surface area contributed by atoms with Crippen molar-refractivity contribution < 1.29 is 19.1 Å². The molecule has 1 heterocycles. The van der Waals surface area contributed by atoms with E-state index in [0.717, 1.165) is 5.56 Å². The number of benzene rings is 1. The summed E-state index contributed by atoms with van der Waals surface area (Å²) in [5.74, 6) is 0.941. The van der Waals surface area contributed by atoms with Crippen molar-refractivity contribution in [1.82, 2.24) is 5.32 Å². The van der Waals surface area contributed by atoms with Gasteiger partial charge in [-0.3, -0.25) is 4.79 Å². The lowest BCUT2D eigenvalue weighted by Gasteiger charge is -2.09. The second-order valence-corrected chi connectivity index (χ2v) is 5.76. The van der Waals surface area contributed by atoms with E-state index in [2.05, 4.69) is 31.3 Å². The number of carbonyl (C=O) groups excluding carboxylic acids is 1. The van der Waals surface area contributed by atoms with Gasteiger partial charge in [0.25, 0.3) is 5.91 Å². The van der Waals surface area contributed by atoms with E-state index in [-0.39, 0.29) is 24.8 Å². The van der Waals surface area contributed by atoms with Crippen molar-refractivity contribution in [3.05, 3.63) is 47.7 Å². The Morgan fingerprint density at radius 1 is 1.30 bits per heavy atom. The molecule has 0 bridgehead atoms. The van der Waals surface area contributed by atoms with Crippen molar-refractivity contribution in [2.24, 2.45) is 0 Å². The number of hydrogen-bond donors (Lipinski definition) is 2. The molecule has 0 spiro atoms. The summed E-state index contributed by atoms with van der Waals surface area (Å²) in [7, 11) is 1.50. The minimum Gasteiger partial charge on any atom is -0.451 e. The first-order valence-electron chi connectivity index (χ1n) is 7.66. The van der Waals surface area contributed by atoms with Crippen molar-refractivity contribution in [3.63, 3.8) is 0 Å². The van der Waals surface area contributed by atoms with Crippen LogP contribution < -0.4 is 5.32 Å². The summed E-state index contributed by atoms with van der Waals surface area (Å²) in [6.07, 6.45) is -0.735. The molecule has 1 unspecified atom stereocenters. The molecule has 1 aromatic heterocycles. The molecule has 0 saturated carbocycles. The largest absolute Gasteiger partial charge is 0.451 e. The highest BCUT2D eigenvalue weighted by Gasteiger charge is 2.14. The van der Waals surface area contributed by atoms with Gasteiger partial charge in [-0.1, -0.05) is 32.0 Å². The molecule has 0 fully saturated rings. The first kappa shape index (κ1) is 17.2. The first-order chi connectivity index (χ1) is 11.0. The molecule has 1 atom stereocenters. The third-order valence-electron chi connectivity index (χ3n) is 3.52. The zero-order chi connectivity index (χ0) is 16.8. The summed E-state index contributed by atoms with van der Waals surface area (Å²) in [5.41, 5.74) is 2.15. The third kappa shape index (κ3) is 4.68. The Balaban J connectivity index is 2.05. The molecule has 2 aromatic rings. The molecule has 1 aromatic carbocycles. The van der Waals surface area contributed by atoms with Crippen LogP contribution in [0.4, 0.5) is 0 Å². The van der Waals surface area contributed by atoms with Crippen LogP contribution in [0.25, 0.3) is 11.3 Å². The Hall–Kier alpha value is -2.11. The molecule has 2 rings (SSSR count). The monoisotopic (exact) mass is 317 g/mol. The van der Waals surface area contributed by atoms with E-state index < -0.39 is 6.10 Å². The molecule has 124 valence electrons. The SMILES string of the molecule is COCC(O)CNC(=O)c1ccc(-c2cccc(C(C)C)c2)o1. The van der Waals surface area contributed by atoms with Crippen LogP contribution >= 0.6 is 0 Å². The number of methoxy groups -OCH3 is 1. The average Bonchev–Trinajstić information content (AvgIpc) is 3.03. The van der Waals surface area contributed by atoms with E-state index in [1.807, 2.05) is 12.1 Å². The van der Waals surface area contributed by atoms with E-state index in [1.165, 1.54) is 12.7 Å². The van der Waals surface area contributed by atoms with Gasteiger partial charge in [0.15, 0.2) is 5.76 Å². The lowest BCUT2D eigenvalue weighted by Crippen LogP contribution is -2.34. The van der Waals surface area contributed by atoms with Gasteiger partial charge in [-0.2, -0.15) is 0 Å². The van der Waals surface area contributed by atoms with Gasteiger partial charge in [0, 0.05) is 19.2 Å². The number of nitrogens with one attached hydrogen (secondary N) is 1. The maximum Gasteiger partial charge on any atom is 0.287 e. The van der Waals surface area contributed by atoms with Crippen molar-refractivity contribution in [2.45, 2.75) is 25.9 Å². The molecule has 5 nitrogen and oxygen atoms in total. The molecular weight excluding hydrogens is 294 g/mol. The fourth-order valence-corrected chi connectivity index (χ4v) is 2.22. The van der Waals surface area contributed by atoms with Gasteiger partial charge in [-0.15, -0.1) is 0 Å².